The van der Waals surface area contributed by atoms with Crippen LogP contribution in [-0.4, -0.2) is 23.6 Å². The Morgan fingerprint density at radius 2 is 2.16 bits per heavy atom. The molecule has 0 aliphatic carbocycles. The van der Waals surface area contributed by atoms with Crippen LogP contribution in [-0.2, 0) is 13.8 Å². The molecule has 104 valence electrons. The van der Waals surface area contributed by atoms with Crippen molar-refractivity contribution in [3.05, 3.63) is 35.4 Å². The highest BCUT2D eigenvalue weighted by Gasteiger charge is 2.30. The Kier molecular flexibility index (Phi) is 4.09. The summed E-state index contributed by atoms with van der Waals surface area (Å²) in [5, 5.41) is 0. The maximum Gasteiger partial charge on any atom is 0.339 e. The molecule has 19 heavy (non-hydrogen) atoms. The molecule has 1 heterocycles. The minimum absolute atomic E-state index is 0.287. The third kappa shape index (κ3) is 3.66. The average molecular weight is 284 g/mol. The molecule has 0 fully saturated rings. The minimum atomic E-state index is -3.47. The van der Waals surface area contributed by atoms with Gasteiger partial charge in [-0.1, -0.05) is 18.2 Å². The molecule has 1 aliphatic rings. The Labute approximate surface area is 112 Å². The van der Waals surface area contributed by atoms with Gasteiger partial charge in [-0.05, 0) is 25.8 Å². The second-order valence-corrected chi connectivity index (χ2v) is 6.59. The fraction of sp³-hybridized carbons (Fsp3) is 0.462. The summed E-state index contributed by atoms with van der Waals surface area (Å²) in [6.07, 6.45) is 0.478. The molecule has 3 atom stereocenters. The molecule has 2 rings (SSSR count). The van der Waals surface area contributed by atoms with Crippen LogP contribution in [0.5, 0.6) is 0 Å². The summed E-state index contributed by atoms with van der Waals surface area (Å²) in [5.74, 6) is -0.308. The van der Waals surface area contributed by atoms with Gasteiger partial charge < -0.3 is 14.2 Å². The van der Waals surface area contributed by atoms with E-state index < -0.39 is 7.60 Å². The van der Waals surface area contributed by atoms with E-state index in [0.29, 0.717) is 18.4 Å². The third-order valence-corrected chi connectivity index (χ3v) is 3.74. The zero-order valence-corrected chi connectivity index (χ0v) is 11.8. The third-order valence-electron chi connectivity index (χ3n) is 2.99. The van der Waals surface area contributed by atoms with Gasteiger partial charge in [0, 0.05) is 12.2 Å². The van der Waals surface area contributed by atoms with Gasteiger partial charge in [0.05, 0.1) is 11.7 Å². The monoisotopic (exact) mass is 284 g/mol. The molecule has 0 saturated carbocycles. The van der Waals surface area contributed by atoms with Crippen LogP contribution < -0.4 is 0 Å². The van der Waals surface area contributed by atoms with Crippen molar-refractivity contribution in [2.75, 3.05) is 6.66 Å². The normalized spacial score (nSPS) is 22.5. The average Bonchev–Trinajstić information content (AvgIpc) is 2.62. The second-order valence-electron chi connectivity index (χ2n) is 4.78. The SMILES string of the molecule is CC(CC[C@@H]1OC(=O)c2ccccc21)OP(C)(=O)O. The van der Waals surface area contributed by atoms with Crippen molar-refractivity contribution < 1.29 is 23.5 Å². The van der Waals surface area contributed by atoms with E-state index in [0.717, 1.165) is 12.2 Å². The summed E-state index contributed by atoms with van der Waals surface area (Å²) >= 11 is 0. The molecule has 0 bridgehead atoms. The van der Waals surface area contributed by atoms with Crippen LogP contribution in [0.1, 0.15) is 41.8 Å². The number of esters is 1. The largest absolute Gasteiger partial charge is 0.454 e. The van der Waals surface area contributed by atoms with Gasteiger partial charge in [-0.15, -0.1) is 0 Å². The number of carbonyl (C=O) groups excluding carboxylic acids is 1. The zero-order chi connectivity index (χ0) is 14.0. The molecule has 1 aromatic carbocycles. The lowest BCUT2D eigenvalue weighted by Gasteiger charge is -2.17. The van der Waals surface area contributed by atoms with E-state index in [9.17, 15) is 9.36 Å². The van der Waals surface area contributed by atoms with Crippen LogP contribution in [0.15, 0.2) is 24.3 Å². The van der Waals surface area contributed by atoms with Gasteiger partial charge in [0.1, 0.15) is 6.10 Å². The highest BCUT2D eigenvalue weighted by molar-refractivity contribution is 7.51. The Bertz CT molecular complexity index is 522. The number of carbonyl (C=O) groups is 1. The first-order valence-electron chi connectivity index (χ1n) is 6.15. The highest BCUT2D eigenvalue weighted by atomic mass is 31.2. The molecular formula is C13H17O5P. The lowest BCUT2D eigenvalue weighted by Crippen LogP contribution is -2.09. The van der Waals surface area contributed by atoms with Crippen LogP contribution in [0.25, 0.3) is 0 Å². The molecule has 0 spiro atoms. The van der Waals surface area contributed by atoms with Gasteiger partial charge in [-0.3, -0.25) is 4.57 Å². The summed E-state index contributed by atoms with van der Waals surface area (Å²) < 4.78 is 21.4. The van der Waals surface area contributed by atoms with Gasteiger partial charge in [0.25, 0.3) is 0 Å². The first-order valence-corrected chi connectivity index (χ1v) is 8.18. The van der Waals surface area contributed by atoms with Crippen molar-refractivity contribution in [2.45, 2.75) is 32.0 Å². The molecule has 1 aromatic rings. The van der Waals surface area contributed by atoms with E-state index >= 15 is 0 Å². The summed E-state index contributed by atoms with van der Waals surface area (Å²) in [6, 6.07) is 7.27. The number of fused-ring (bicyclic) bond motifs is 1. The topological polar surface area (TPSA) is 72.8 Å². The van der Waals surface area contributed by atoms with E-state index in [1.807, 2.05) is 12.1 Å². The number of rotatable bonds is 5. The quantitative estimate of drug-likeness (QED) is 0.664. The second kappa shape index (κ2) is 5.45. The zero-order valence-electron chi connectivity index (χ0n) is 10.9. The Balaban J connectivity index is 1.95. The van der Waals surface area contributed by atoms with E-state index in [1.165, 1.54) is 0 Å². The van der Waals surface area contributed by atoms with Gasteiger partial charge in [-0.2, -0.15) is 0 Å². The van der Waals surface area contributed by atoms with E-state index in [2.05, 4.69) is 0 Å². The fourth-order valence-corrected chi connectivity index (χ4v) is 2.98. The van der Waals surface area contributed by atoms with Crippen molar-refractivity contribution in [3.63, 3.8) is 0 Å². The summed E-state index contributed by atoms with van der Waals surface area (Å²) in [6.45, 7) is 2.89. The Morgan fingerprint density at radius 1 is 1.47 bits per heavy atom. The molecule has 0 amide bonds. The lowest BCUT2D eigenvalue weighted by molar-refractivity contribution is 0.0337. The number of ether oxygens (including phenoxy) is 1. The van der Waals surface area contributed by atoms with Gasteiger partial charge in [0.2, 0.25) is 0 Å². The van der Waals surface area contributed by atoms with Crippen molar-refractivity contribution in [3.8, 4) is 0 Å². The van der Waals surface area contributed by atoms with Gasteiger partial charge in [0.15, 0.2) is 0 Å². The summed E-state index contributed by atoms with van der Waals surface area (Å²) in [5.41, 5.74) is 1.48. The first-order chi connectivity index (χ1) is 8.87. The minimum Gasteiger partial charge on any atom is -0.454 e. The Hall–Kier alpha value is -1.16. The summed E-state index contributed by atoms with van der Waals surface area (Å²) in [4.78, 5) is 20.7. The summed E-state index contributed by atoms with van der Waals surface area (Å²) in [7, 11) is -3.47. The van der Waals surface area contributed by atoms with Crippen LogP contribution >= 0.6 is 7.60 Å². The fourth-order valence-electron chi connectivity index (χ4n) is 2.21. The van der Waals surface area contributed by atoms with Gasteiger partial charge >= 0.3 is 13.6 Å². The highest BCUT2D eigenvalue weighted by Crippen LogP contribution is 2.40. The van der Waals surface area contributed by atoms with Crippen molar-refractivity contribution in [1.82, 2.24) is 0 Å². The van der Waals surface area contributed by atoms with Crippen LogP contribution in [0, 0.1) is 0 Å². The van der Waals surface area contributed by atoms with Gasteiger partial charge in [-0.25, -0.2) is 4.79 Å². The van der Waals surface area contributed by atoms with Crippen molar-refractivity contribution >= 4 is 13.6 Å². The molecule has 0 aromatic heterocycles. The first kappa shape index (κ1) is 14.3. The molecule has 5 nitrogen and oxygen atoms in total. The molecule has 1 aliphatic heterocycles. The van der Waals surface area contributed by atoms with Crippen molar-refractivity contribution in [1.29, 1.82) is 0 Å². The maximum atomic E-state index is 11.6. The predicted octanol–water partition coefficient (Wildman–Crippen LogP) is 2.90. The molecule has 0 radical (unpaired) electrons. The predicted molar refractivity (Wildman–Crippen MR) is 70.1 cm³/mol. The standard InChI is InChI=1S/C13H17O5P/c1-9(18-19(2,15)16)7-8-12-10-5-3-4-6-11(10)13(14)17-12/h3-6,9,12H,7-8H2,1-2H3,(H,15,16)/t9?,12-/m0/s1. The van der Waals surface area contributed by atoms with E-state index in [1.54, 1.807) is 19.1 Å². The maximum absolute atomic E-state index is 11.6. The van der Waals surface area contributed by atoms with E-state index in [4.69, 9.17) is 14.2 Å². The van der Waals surface area contributed by atoms with Crippen LogP contribution in [0.2, 0.25) is 0 Å². The molecule has 2 unspecified atom stereocenters. The molecule has 6 heteroatoms. The number of hydrogen-bond donors (Lipinski definition) is 1. The van der Waals surface area contributed by atoms with E-state index in [-0.39, 0.29) is 18.2 Å². The Morgan fingerprint density at radius 3 is 2.84 bits per heavy atom. The lowest BCUT2D eigenvalue weighted by atomic mass is 10.0. The van der Waals surface area contributed by atoms with Crippen molar-refractivity contribution in [2.24, 2.45) is 0 Å². The molecule has 1 N–H and O–H groups in total. The number of benzene rings is 1. The smallest absolute Gasteiger partial charge is 0.339 e. The van der Waals surface area contributed by atoms with Crippen LogP contribution in [0.4, 0.5) is 0 Å². The molecule has 0 saturated heterocycles. The number of hydrogen-bond acceptors (Lipinski definition) is 4. The number of cyclic esters (lactones) is 1. The molecular weight excluding hydrogens is 267 g/mol. The van der Waals surface area contributed by atoms with Crippen LogP contribution in [0.3, 0.4) is 0 Å².